The van der Waals surface area contributed by atoms with Crippen LogP contribution in [0.15, 0.2) is 24.5 Å². The third-order valence-electron chi connectivity index (χ3n) is 3.60. The molecular weight excluding hydrogens is 238 g/mol. The molecule has 0 radical (unpaired) electrons. The van der Waals surface area contributed by atoms with Gasteiger partial charge in [-0.15, -0.1) is 0 Å². The Morgan fingerprint density at radius 3 is 2.79 bits per heavy atom. The molecule has 2 unspecified atom stereocenters. The summed E-state index contributed by atoms with van der Waals surface area (Å²) in [6, 6.07) is 0. The topological polar surface area (TPSA) is 47.0 Å². The minimum absolute atomic E-state index is 0.591. The highest BCUT2D eigenvalue weighted by atomic mass is 16.5. The van der Waals surface area contributed by atoms with Crippen LogP contribution in [0.25, 0.3) is 0 Å². The first-order valence-electron chi connectivity index (χ1n) is 7.09. The van der Waals surface area contributed by atoms with Crippen molar-refractivity contribution in [2.45, 2.75) is 33.2 Å². The number of aromatic nitrogens is 2. The van der Waals surface area contributed by atoms with Crippen LogP contribution in [0, 0.1) is 11.8 Å². The summed E-state index contributed by atoms with van der Waals surface area (Å²) in [5, 5.41) is 3.22. The second-order valence-electron chi connectivity index (χ2n) is 5.12. The maximum Gasteiger partial charge on any atom is 0.232 e. The number of hydrogen-bond donors (Lipinski definition) is 1. The van der Waals surface area contributed by atoms with E-state index in [0.717, 1.165) is 38.2 Å². The van der Waals surface area contributed by atoms with E-state index in [1.807, 2.05) is 0 Å². The molecule has 0 saturated carbocycles. The summed E-state index contributed by atoms with van der Waals surface area (Å²) < 4.78 is 5.75. The van der Waals surface area contributed by atoms with Gasteiger partial charge in [-0.05, 0) is 31.2 Å². The van der Waals surface area contributed by atoms with Crippen molar-refractivity contribution in [1.82, 2.24) is 15.3 Å². The monoisotopic (exact) mass is 261 g/mol. The van der Waals surface area contributed by atoms with Crippen molar-refractivity contribution in [3.63, 3.8) is 0 Å². The molecule has 1 aliphatic carbocycles. The third kappa shape index (κ3) is 4.31. The number of nitrogens with one attached hydrogen (secondary N) is 1. The fraction of sp³-hybridized carbons (Fsp3) is 0.600. The molecule has 2 rings (SSSR count). The smallest absolute Gasteiger partial charge is 0.232 e. The molecule has 0 amide bonds. The molecule has 0 spiro atoms. The van der Waals surface area contributed by atoms with Crippen LogP contribution in [0.4, 0.5) is 0 Å². The molecule has 1 N–H and O–H groups in total. The Kier molecular flexibility index (Phi) is 5.33. The summed E-state index contributed by atoms with van der Waals surface area (Å²) >= 11 is 0. The Balaban J connectivity index is 1.81. The molecule has 0 aliphatic heterocycles. The van der Waals surface area contributed by atoms with E-state index in [0.29, 0.717) is 17.7 Å². The van der Waals surface area contributed by atoms with E-state index in [2.05, 4.69) is 41.3 Å². The van der Waals surface area contributed by atoms with E-state index < -0.39 is 0 Å². The van der Waals surface area contributed by atoms with Crippen LogP contribution in [0.3, 0.4) is 0 Å². The summed E-state index contributed by atoms with van der Waals surface area (Å²) in [5.74, 6) is 1.90. The molecule has 0 fully saturated rings. The Hall–Kier alpha value is -1.42. The van der Waals surface area contributed by atoms with Gasteiger partial charge in [-0.3, -0.25) is 4.98 Å². The van der Waals surface area contributed by atoms with E-state index in [9.17, 15) is 0 Å². The molecule has 4 nitrogen and oxygen atoms in total. The number of rotatable bonds is 6. The van der Waals surface area contributed by atoms with Gasteiger partial charge in [0, 0.05) is 6.54 Å². The molecule has 1 aliphatic rings. The third-order valence-corrected chi connectivity index (χ3v) is 3.60. The highest BCUT2D eigenvalue weighted by Crippen LogP contribution is 2.25. The number of ether oxygens (including phenoxy) is 1. The van der Waals surface area contributed by atoms with Crippen molar-refractivity contribution < 1.29 is 4.74 Å². The molecule has 104 valence electrons. The Morgan fingerprint density at radius 1 is 1.26 bits per heavy atom. The lowest BCUT2D eigenvalue weighted by atomic mass is 9.85. The van der Waals surface area contributed by atoms with Gasteiger partial charge in [0.05, 0.1) is 24.7 Å². The molecule has 1 aromatic heterocycles. The SMILES string of the molecule is CCNCc1cnc(OCC2CC=CCC2C)cn1. The van der Waals surface area contributed by atoms with Crippen molar-refractivity contribution in [1.29, 1.82) is 0 Å². The predicted molar refractivity (Wildman–Crippen MR) is 75.9 cm³/mol. The van der Waals surface area contributed by atoms with E-state index in [1.54, 1.807) is 12.4 Å². The number of allylic oxidation sites excluding steroid dienone is 2. The van der Waals surface area contributed by atoms with Gasteiger partial charge in [0.25, 0.3) is 0 Å². The molecule has 1 heterocycles. The van der Waals surface area contributed by atoms with Gasteiger partial charge in [0.2, 0.25) is 5.88 Å². The summed E-state index contributed by atoms with van der Waals surface area (Å²) in [7, 11) is 0. The van der Waals surface area contributed by atoms with Gasteiger partial charge in [-0.25, -0.2) is 4.98 Å². The molecule has 19 heavy (non-hydrogen) atoms. The average Bonchev–Trinajstić information content (AvgIpc) is 2.45. The van der Waals surface area contributed by atoms with Crippen molar-refractivity contribution in [2.24, 2.45) is 11.8 Å². The molecule has 2 atom stereocenters. The van der Waals surface area contributed by atoms with Gasteiger partial charge in [0.15, 0.2) is 0 Å². The van der Waals surface area contributed by atoms with Crippen LogP contribution < -0.4 is 10.1 Å². The molecule has 0 bridgehead atoms. The molecule has 0 aromatic carbocycles. The van der Waals surface area contributed by atoms with Crippen molar-refractivity contribution in [2.75, 3.05) is 13.2 Å². The lowest BCUT2D eigenvalue weighted by Crippen LogP contribution is -2.21. The highest BCUT2D eigenvalue weighted by molar-refractivity contribution is 5.07. The van der Waals surface area contributed by atoms with Crippen LogP contribution in [-0.2, 0) is 6.54 Å². The summed E-state index contributed by atoms with van der Waals surface area (Å²) in [5.41, 5.74) is 0.947. The maximum absolute atomic E-state index is 5.75. The van der Waals surface area contributed by atoms with E-state index in [-0.39, 0.29) is 0 Å². The molecule has 0 saturated heterocycles. The molecule has 4 heteroatoms. The van der Waals surface area contributed by atoms with Crippen LogP contribution in [-0.4, -0.2) is 23.1 Å². The Labute approximate surface area is 115 Å². The van der Waals surface area contributed by atoms with Crippen LogP contribution in [0.2, 0.25) is 0 Å². The van der Waals surface area contributed by atoms with Gasteiger partial charge in [-0.1, -0.05) is 26.0 Å². The first-order chi connectivity index (χ1) is 9.29. The van der Waals surface area contributed by atoms with Gasteiger partial charge >= 0.3 is 0 Å². The maximum atomic E-state index is 5.75. The zero-order valence-electron chi connectivity index (χ0n) is 11.8. The van der Waals surface area contributed by atoms with Crippen LogP contribution in [0.5, 0.6) is 5.88 Å². The summed E-state index contributed by atoms with van der Waals surface area (Å²) in [6.45, 7) is 6.78. The van der Waals surface area contributed by atoms with Crippen molar-refractivity contribution in [3.05, 3.63) is 30.2 Å². The first kappa shape index (κ1) is 14.0. The molecular formula is C15H23N3O. The van der Waals surface area contributed by atoms with Crippen LogP contribution >= 0.6 is 0 Å². The van der Waals surface area contributed by atoms with E-state index in [4.69, 9.17) is 4.74 Å². The normalized spacial score (nSPS) is 22.4. The second kappa shape index (κ2) is 7.24. The standard InChI is InChI=1S/C15H23N3O/c1-3-16-8-14-9-18-15(10-17-14)19-11-13-7-5-4-6-12(13)2/h4-5,9-10,12-13,16H,3,6-8,11H2,1-2H3. The predicted octanol–water partition coefficient (Wildman–Crippen LogP) is 2.57. The Morgan fingerprint density at radius 2 is 2.11 bits per heavy atom. The minimum Gasteiger partial charge on any atom is -0.476 e. The quantitative estimate of drug-likeness (QED) is 0.800. The average molecular weight is 261 g/mol. The molecule has 1 aromatic rings. The van der Waals surface area contributed by atoms with E-state index in [1.165, 1.54) is 0 Å². The zero-order valence-corrected chi connectivity index (χ0v) is 11.8. The van der Waals surface area contributed by atoms with Gasteiger partial charge in [-0.2, -0.15) is 0 Å². The van der Waals surface area contributed by atoms with E-state index >= 15 is 0 Å². The fourth-order valence-electron chi connectivity index (χ4n) is 2.19. The first-order valence-corrected chi connectivity index (χ1v) is 7.09. The largest absolute Gasteiger partial charge is 0.476 e. The number of hydrogen-bond acceptors (Lipinski definition) is 4. The minimum atomic E-state index is 0.591. The summed E-state index contributed by atoms with van der Waals surface area (Å²) in [4.78, 5) is 8.63. The number of nitrogens with zero attached hydrogens (tertiary/aromatic N) is 2. The zero-order chi connectivity index (χ0) is 13.5. The summed E-state index contributed by atoms with van der Waals surface area (Å²) in [6.07, 6.45) is 10.3. The Bertz CT molecular complexity index is 402. The lowest BCUT2D eigenvalue weighted by Gasteiger charge is -2.24. The van der Waals surface area contributed by atoms with Gasteiger partial charge in [0.1, 0.15) is 0 Å². The van der Waals surface area contributed by atoms with Crippen LogP contribution in [0.1, 0.15) is 32.4 Å². The van der Waals surface area contributed by atoms with Gasteiger partial charge < -0.3 is 10.1 Å². The second-order valence-corrected chi connectivity index (χ2v) is 5.12. The lowest BCUT2D eigenvalue weighted by molar-refractivity contribution is 0.192. The fourth-order valence-corrected chi connectivity index (χ4v) is 2.19. The highest BCUT2D eigenvalue weighted by Gasteiger charge is 2.19. The van der Waals surface area contributed by atoms with Crippen molar-refractivity contribution in [3.8, 4) is 5.88 Å². The van der Waals surface area contributed by atoms with Crippen molar-refractivity contribution >= 4 is 0 Å².